The molecule has 1 aliphatic heterocycles. The van der Waals surface area contributed by atoms with Crippen molar-refractivity contribution in [3.05, 3.63) is 44.5 Å². The summed E-state index contributed by atoms with van der Waals surface area (Å²) >= 11 is 0. The SMILES string of the molecule is CC(=O)N1CCN(C(=O)c2ccc3[nH]c(=O)c(=O)[nH]c3c2)CC1. The van der Waals surface area contributed by atoms with Gasteiger partial charge < -0.3 is 19.8 Å². The molecule has 2 aromatic rings. The Labute approximate surface area is 130 Å². The molecule has 1 saturated heterocycles. The minimum Gasteiger partial charge on any atom is -0.339 e. The number of H-pyrrole nitrogens is 2. The number of nitrogens with zero attached hydrogens (tertiary/aromatic N) is 2. The second kappa shape index (κ2) is 5.71. The van der Waals surface area contributed by atoms with Crippen LogP contribution in [0.1, 0.15) is 17.3 Å². The molecule has 0 unspecified atom stereocenters. The van der Waals surface area contributed by atoms with Gasteiger partial charge in [0.25, 0.3) is 5.91 Å². The van der Waals surface area contributed by atoms with Gasteiger partial charge in [0.15, 0.2) is 0 Å². The zero-order valence-electron chi connectivity index (χ0n) is 12.6. The van der Waals surface area contributed by atoms with Crippen molar-refractivity contribution >= 4 is 22.8 Å². The van der Waals surface area contributed by atoms with E-state index in [0.29, 0.717) is 42.8 Å². The Balaban J connectivity index is 1.84. The minimum atomic E-state index is -0.753. The summed E-state index contributed by atoms with van der Waals surface area (Å²) in [6.45, 7) is 3.48. The highest BCUT2D eigenvalue weighted by molar-refractivity contribution is 5.97. The van der Waals surface area contributed by atoms with Crippen LogP contribution >= 0.6 is 0 Å². The van der Waals surface area contributed by atoms with Gasteiger partial charge in [0.05, 0.1) is 11.0 Å². The predicted molar refractivity (Wildman–Crippen MR) is 83.3 cm³/mol. The number of carbonyl (C=O) groups excluding carboxylic acids is 2. The van der Waals surface area contributed by atoms with Crippen molar-refractivity contribution in [1.29, 1.82) is 0 Å². The number of fused-ring (bicyclic) bond motifs is 1. The Morgan fingerprint density at radius 1 is 0.913 bits per heavy atom. The maximum atomic E-state index is 12.5. The highest BCUT2D eigenvalue weighted by atomic mass is 16.2. The third-order valence-corrected chi connectivity index (χ3v) is 3.98. The van der Waals surface area contributed by atoms with Crippen LogP contribution < -0.4 is 11.1 Å². The third-order valence-electron chi connectivity index (χ3n) is 3.98. The molecule has 0 spiro atoms. The topological polar surface area (TPSA) is 106 Å². The molecule has 8 heteroatoms. The number of aromatic nitrogens is 2. The summed E-state index contributed by atoms with van der Waals surface area (Å²) in [5.41, 5.74) is -0.180. The fraction of sp³-hybridized carbons (Fsp3) is 0.333. The van der Waals surface area contributed by atoms with Crippen LogP contribution in [0.3, 0.4) is 0 Å². The van der Waals surface area contributed by atoms with Crippen molar-refractivity contribution in [2.24, 2.45) is 0 Å². The van der Waals surface area contributed by atoms with Crippen molar-refractivity contribution in [3.8, 4) is 0 Å². The van der Waals surface area contributed by atoms with E-state index in [-0.39, 0.29) is 11.8 Å². The average molecular weight is 316 g/mol. The van der Waals surface area contributed by atoms with Gasteiger partial charge in [-0.25, -0.2) is 0 Å². The van der Waals surface area contributed by atoms with Gasteiger partial charge in [-0.2, -0.15) is 0 Å². The van der Waals surface area contributed by atoms with Crippen LogP contribution in [0.2, 0.25) is 0 Å². The first-order valence-electron chi connectivity index (χ1n) is 7.27. The van der Waals surface area contributed by atoms with Gasteiger partial charge in [-0.05, 0) is 18.2 Å². The summed E-state index contributed by atoms with van der Waals surface area (Å²) in [5, 5.41) is 0. The van der Waals surface area contributed by atoms with Gasteiger partial charge in [-0.1, -0.05) is 0 Å². The molecule has 0 saturated carbocycles. The van der Waals surface area contributed by atoms with Crippen LogP contribution in [0.5, 0.6) is 0 Å². The Morgan fingerprint density at radius 2 is 1.48 bits per heavy atom. The normalized spacial score (nSPS) is 15.0. The smallest absolute Gasteiger partial charge is 0.314 e. The van der Waals surface area contributed by atoms with Crippen LogP contribution in [-0.2, 0) is 4.79 Å². The number of piperazine rings is 1. The highest BCUT2D eigenvalue weighted by Gasteiger charge is 2.23. The quantitative estimate of drug-likeness (QED) is 0.693. The number of rotatable bonds is 1. The lowest BCUT2D eigenvalue weighted by molar-refractivity contribution is -0.130. The first-order chi connectivity index (χ1) is 11.0. The number of aromatic amines is 2. The minimum absolute atomic E-state index is 0.00401. The van der Waals surface area contributed by atoms with Crippen molar-refractivity contribution < 1.29 is 9.59 Å². The van der Waals surface area contributed by atoms with Crippen molar-refractivity contribution in [2.75, 3.05) is 26.2 Å². The van der Waals surface area contributed by atoms with E-state index in [1.807, 2.05) is 0 Å². The molecule has 1 fully saturated rings. The number of hydrogen-bond acceptors (Lipinski definition) is 4. The molecular weight excluding hydrogens is 300 g/mol. The second-order valence-electron chi connectivity index (χ2n) is 5.47. The monoisotopic (exact) mass is 316 g/mol. The van der Waals surface area contributed by atoms with Gasteiger partial charge in [0.1, 0.15) is 0 Å². The first-order valence-corrected chi connectivity index (χ1v) is 7.27. The molecule has 1 aromatic carbocycles. The van der Waals surface area contributed by atoms with Crippen LogP contribution in [0.25, 0.3) is 11.0 Å². The third kappa shape index (κ3) is 2.87. The van der Waals surface area contributed by atoms with E-state index in [9.17, 15) is 19.2 Å². The molecule has 2 heterocycles. The fourth-order valence-corrected chi connectivity index (χ4v) is 2.65. The van der Waals surface area contributed by atoms with Crippen molar-refractivity contribution in [1.82, 2.24) is 19.8 Å². The van der Waals surface area contributed by atoms with Crippen LogP contribution in [0.4, 0.5) is 0 Å². The van der Waals surface area contributed by atoms with Crippen molar-refractivity contribution in [2.45, 2.75) is 6.92 Å². The first kappa shape index (κ1) is 15.0. The number of carbonyl (C=O) groups is 2. The van der Waals surface area contributed by atoms with Gasteiger partial charge in [0.2, 0.25) is 5.91 Å². The summed E-state index contributed by atoms with van der Waals surface area (Å²) in [5.74, 6) is -0.161. The lowest BCUT2D eigenvalue weighted by atomic mass is 10.1. The predicted octanol–water partition coefficient (Wildman–Crippen LogP) is -0.479. The molecule has 23 heavy (non-hydrogen) atoms. The van der Waals surface area contributed by atoms with Gasteiger partial charge >= 0.3 is 11.1 Å². The summed E-state index contributed by atoms with van der Waals surface area (Å²) in [6.07, 6.45) is 0. The average Bonchev–Trinajstić information content (AvgIpc) is 2.55. The number of nitrogens with one attached hydrogen (secondary N) is 2. The lowest BCUT2D eigenvalue weighted by Crippen LogP contribution is -2.50. The molecular formula is C15H16N4O4. The molecule has 8 nitrogen and oxygen atoms in total. The molecule has 0 atom stereocenters. The van der Waals surface area contributed by atoms with E-state index in [1.54, 1.807) is 28.0 Å². The zero-order valence-corrected chi connectivity index (χ0v) is 12.6. The van der Waals surface area contributed by atoms with Crippen LogP contribution in [0, 0.1) is 0 Å². The molecule has 0 bridgehead atoms. The van der Waals surface area contributed by atoms with Gasteiger partial charge in [0, 0.05) is 38.7 Å². The van der Waals surface area contributed by atoms with E-state index in [4.69, 9.17) is 0 Å². The zero-order chi connectivity index (χ0) is 16.6. The molecule has 2 N–H and O–H groups in total. The number of benzene rings is 1. The highest BCUT2D eigenvalue weighted by Crippen LogP contribution is 2.13. The number of hydrogen-bond donors (Lipinski definition) is 2. The van der Waals surface area contributed by atoms with E-state index in [1.165, 1.54) is 6.92 Å². The van der Waals surface area contributed by atoms with E-state index >= 15 is 0 Å². The maximum Gasteiger partial charge on any atom is 0.314 e. The summed E-state index contributed by atoms with van der Waals surface area (Å²) in [4.78, 5) is 54.8. The second-order valence-corrected chi connectivity index (χ2v) is 5.47. The molecule has 0 radical (unpaired) electrons. The molecule has 120 valence electrons. The van der Waals surface area contributed by atoms with Crippen LogP contribution in [-0.4, -0.2) is 57.8 Å². The Kier molecular flexibility index (Phi) is 3.73. The fourth-order valence-electron chi connectivity index (χ4n) is 2.65. The standard InChI is InChI=1S/C15H16N4O4/c1-9(20)18-4-6-19(7-5-18)15(23)10-2-3-11-12(8-10)17-14(22)13(21)16-11/h2-3,8H,4-7H2,1H3,(H,16,21)(H,17,22). The Hall–Kier alpha value is -2.90. The molecule has 0 aliphatic carbocycles. The largest absolute Gasteiger partial charge is 0.339 e. The maximum absolute atomic E-state index is 12.5. The summed E-state index contributed by atoms with van der Waals surface area (Å²) < 4.78 is 0. The van der Waals surface area contributed by atoms with Gasteiger partial charge in [-0.3, -0.25) is 19.2 Å². The lowest BCUT2D eigenvalue weighted by Gasteiger charge is -2.34. The van der Waals surface area contributed by atoms with E-state index < -0.39 is 11.1 Å². The summed E-state index contributed by atoms with van der Waals surface area (Å²) in [6, 6.07) is 4.74. The van der Waals surface area contributed by atoms with Gasteiger partial charge in [-0.15, -0.1) is 0 Å². The summed E-state index contributed by atoms with van der Waals surface area (Å²) in [7, 11) is 0. The van der Waals surface area contributed by atoms with Crippen molar-refractivity contribution in [3.63, 3.8) is 0 Å². The van der Waals surface area contributed by atoms with E-state index in [0.717, 1.165) is 0 Å². The molecule has 2 amide bonds. The van der Waals surface area contributed by atoms with Crippen LogP contribution in [0.15, 0.2) is 27.8 Å². The molecule has 1 aliphatic rings. The Bertz CT molecular complexity index is 890. The van der Waals surface area contributed by atoms with E-state index in [2.05, 4.69) is 9.97 Å². The Morgan fingerprint density at radius 3 is 2.09 bits per heavy atom. The molecule has 1 aromatic heterocycles. The number of amides is 2. The molecule has 3 rings (SSSR count).